The summed E-state index contributed by atoms with van der Waals surface area (Å²) in [5.41, 5.74) is 0.655. The molecule has 0 unspecified atom stereocenters. The average molecular weight is 377 g/mol. The minimum Gasteiger partial charge on any atom is -0.380 e. The molecule has 1 aliphatic rings. The summed E-state index contributed by atoms with van der Waals surface area (Å²) >= 11 is 0. The molecular weight excluding hydrogens is 346 g/mol. The van der Waals surface area contributed by atoms with Crippen molar-refractivity contribution in [3.05, 3.63) is 5.69 Å². The number of rotatable bonds is 10. The van der Waals surface area contributed by atoms with Gasteiger partial charge in [0.25, 0.3) is 5.91 Å². The van der Waals surface area contributed by atoms with Crippen LogP contribution < -0.4 is 20.9 Å². The summed E-state index contributed by atoms with van der Waals surface area (Å²) in [6.45, 7) is 3.62. The first kappa shape index (κ1) is 20.9. The summed E-state index contributed by atoms with van der Waals surface area (Å²) in [6.07, 6.45) is 4.55. The number of hydrogen-bond acceptors (Lipinski definition) is 8. The van der Waals surface area contributed by atoms with Crippen molar-refractivity contribution in [1.82, 2.24) is 15.3 Å². The summed E-state index contributed by atoms with van der Waals surface area (Å²) < 4.78 is 5.39. The monoisotopic (exact) mass is 377 g/mol. The Morgan fingerprint density at radius 2 is 2.00 bits per heavy atom. The molecular formula is C18H31N7O2. The molecule has 0 aromatic carbocycles. The van der Waals surface area contributed by atoms with Crippen LogP contribution in [0.1, 0.15) is 38.3 Å². The number of amides is 1. The van der Waals surface area contributed by atoms with Crippen molar-refractivity contribution in [2.75, 3.05) is 56.4 Å². The Labute approximate surface area is 160 Å². The molecule has 1 saturated carbocycles. The van der Waals surface area contributed by atoms with Crippen LogP contribution in [-0.2, 0) is 9.53 Å². The maximum absolute atomic E-state index is 12.1. The van der Waals surface area contributed by atoms with E-state index in [4.69, 9.17) is 10.1 Å². The van der Waals surface area contributed by atoms with Gasteiger partial charge >= 0.3 is 0 Å². The van der Waals surface area contributed by atoms with Crippen LogP contribution in [0.25, 0.3) is 0 Å². The topological polar surface area (TPSA) is 115 Å². The molecule has 1 heterocycles. The van der Waals surface area contributed by atoms with Crippen LogP contribution in [0.5, 0.6) is 0 Å². The summed E-state index contributed by atoms with van der Waals surface area (Å²) in [6, 6.07) is 0.337. The average Bonchev–Trinajstić information content (AvgIpc) is 3.17. The molecule has 1 fully saturated rings. The Morgan fingerprint density at radius 1 is 1.30 bits per heavy atom. The minimum absolute atomic E-state index is 0.198. The Balaban J connectivity index is 2.42. The molecule has 1 aromatic heterocycles. The first-order chi connectivity index (χ1) is 13.0. The highest BCUT2D eigenvalue weighted by Gasteiger charge is 2.24. The standard InChI is InChI=1S/C18H31N7O2/c1-5-27-11-10-21-15-14(13(19)17(26)20-2)23-18(25(3)4)24-16(15)22-12-8-6-7-9-12/h12,19,21H,5-11H2,1-4H3,(H,20,26)(H,22,23,24). The van der Waals surface area contributed by atoms with Gasteiger partial charge in [-0.3, -0.25) is 10.2 Å². The first-order valence-electron chi connectivity index (χ1n) is 9.46. The van der Waals surface area contributed by atoms with Crippen molar-refractivity contribution in [2.45, 2.75) is 38.6 Å². The fourth-order valence-corrected chi connectivity index (χ4v) is 2.99. The fourth-order valence-electron chi connectivity index (χ4n) is 2.99. The van der Waals surface area contributed by atoms with Crippen LogP contribution in [0, 0.1) is 5.41 Å². The lowest BCUT2D eigenvalue weighted by Gasteiger charge is -2.22. The maximum Gasteiger partial charge on any atom is 0.271 e. The van der Waals surface area contributed by atoms with E-state index in [1.165, 1.54) is 19.9 Å². The van der Waals surface area contributed by atoms with Crippen LogP contribution >= 0.6 is 0 Å². The Bertz CT molecular complexity index is 657. The minimum atomic E-state index is -0.488. The van der Waals surface area contributed by atoms with E-state index >= 15 is 0 Å². The predicted molar refractivity (Wildman–Crippen MR) is 108 cm³/mol. The van der Waals surface area contributed by atoms with Gasteiger partial charge in [-0.1, -0.05) is 12.8 Å². The molecule has 0 spiro atoms. The molecule has 1 aromatic rings. The molecule has 0 atom stereocenters. The molecule has 27 heavy (non-hydrogen) atoms. The van der Waals surface area contributed by atoms with Gasteiger partial charge in [-0.2, -0.15) is 4.98 Å². The van der Waals surface area contributed by atoms with Crippen LogP contribution in [0.2, 0.25) is 0 Å². The molecule has 0 radical (unpaired) electrons. The molecule has 1 amide bonds. The second-order valence-corrected chi connectivity index (χ2v) is 6.69. The van der Waals surface area contributed by atoms with Gasteiger partial charge in [0.1, 0.15) is 17.1 Å². The zero-order chi connectivity index (χ0) is 19.8. The van der Waals surface area contributed by atoms with E-state index in [0.29, 0.717) is 43.3 Å². The number of nitrogens with zero attached hydrogens (tertiary/aromatic N) is 3. The number of carbonyl (C=O) groups excluding carboxylic acids is 1. The van der Waals surface area contributed by atoms with Crippen molar-refractivity contribution in [2.24, 2.45) is 0 Å². The van der Waals surface area contributed by atoms with Crippen molar-refractivity contribution < 1.29 is 9.53 Å². The van der Waals surface area contributed by atoms with Crippen molar-refractivity contribution >= 4 is 29.1 Å². The van der Waals surface area contributed by atoms with Gasteiger partial charge in [0, 0.05) is 40.3 Å². The van der Waals surface area contributed by atoms with E-state index in [1.807, 2.05) is 21.0 Å². The highest BCUT2D eigenvalue weighted by atomic mass is 16.5. The van der Waals surface area contributed by atoms with Gasteiger partial charge in [-0.05, 0) is 19.8 Å². The van der Waals surface area contributed by atoms with E-state index in [0.717, 1.165) is 12.8 Å². The number of hydrogen-bond donors (Lipinski definition) is 4. The third-order valence-corrected chi connectivity index (χ3v) is 4.44. The summed E-state index contributed by atoms with van der Waals surface area (Å²) in [5.74, 6) is 0.591. The van der Waals surface area contributed by atoms with Gasteiger partial charge in [-0.15, -0.1) is 0 Å². The van der Waals surface area contributed by atoms with Crippen molar-refractivity contribution in [3.8, 4) is 0 Å². The molecule has 1 aliphatic carbocycles. The van der Waals surface area contributed by atoms with Crippen LogP contribution in [-0.4, -0.2) is 68.5 Å². The summed E-state index contributed by atoms with van der Waals surface area (Å²) in [5, 5.41) is 17.5. The fraction of sp³-hybridized carbons (Fsp3) is 0.667. The molecule has 0 saturated heterocycles. The van der Waals surface area contributed by atoms with E-state index in [2.05, 4.69) is 25.9 Å². The molecule has 0 aliphatic heterocycles. The summed E-state index contributed by atoms with van der Waals surface area (Å²) in [7, 11) is 5.18. The number of anilines is 3. The predicted octanol–water partition coefficient (Wildman–Crippen LogP) is 1.46. The van der Waals surface area contributed by atoms with E-state index < -0.39 is 5.91 Å². The number of nitrogens with one attached hydrogen (secondary N) is 4. The lowest BCUT2D eigenvalue weighted by atomic mass is 10.1. The van der Waals surface area contributed by atoms with E-state index in [-0.39, 0.29) is 11.4 Å². The van der Waals surface area contributed by atoms with Gasteiger partial charge < -0.3 is 25.6 Å². The molecule has 150 valence electrons. The third kappa shape index (κ3) is 5.53. The lowest BCUT2D eigenvalue weighted by Crippen LogP contribution is -2.31. The SMILES string of the molecule is CCOCCNc1c(NC2CCCC2)nc(N(C)C)nc1C(=N)C(=O)NC. The second-order valence-electron chi connectivity index (χ2n) is 6.69. The van der Waals surface area contributed by atoms with E-state index in [1.54, 1.807) is 4.90 Å². The second kappa shape index (κ2) is 10.1. The highest BCUT2D eigenvalue weighted by molar-refractivity contribution is 6.44. The quantitative estimate of drug-likeness (QED) is 0.360. The highest BCUT2D eigenvalue weighted by Crippen LogP contribution is 2.30. The van der Waals surface area contributed by atoms with E-state index in [9.17, 15) is 4.79 Å². The van der Waals surface area contributed by atoms with Crippen LogP contribution in [0.4, 0.5) is 17.5 Å². The summed E-state index contributed by atoms with van der Waals surface area (Å²) in [4.78, 5) is 23.0. The molecule has 2 rings (SSSR count). The smallest absolute Gasteiger partial charge is 0.271 e. The van der Waals surface area contributed by atoms with Gasteiger partial charge in [0.05, 0.1) is 6.61 Å². The molecule has 4 N–H and O–H groups in total. The number of likely N-dealkylation sites (N-methyl/N-ethyl adjacent to an activating group) is 1. The van der Waals surface area contributed by atoms with Gasteiger partial charge in [0.2, 0.25) is 5.95 Å². The largest absolute Gasteiger partial charge is 0.380 e. The Kier molecular flexibility index (Phi) is 7.78. The first-order valence-corrected chi connectivity index (χ1v) is 9.46. The zero-order valence-electron chi connectivity index (χ0n) is 16.7. The maximum atomic E-state index is 12.1. The van der Waals surface area contributed by atoms with Gasteiger partial charge in [0.15, 0.2) is 5.82 Å². The zero-order valence-corrected chi connectivity index (χ0v) is 16.7. The van der Waals surface area contributed by atoms with Gasteiger partial charge in [-0.25, -0.2) is 4.98 Å². The molecule has 9 nitrogen and oxygen atoms in total. The number of carbonyl (C=O) groups is 1. The molecule has 9 heteroatoms. The third-order valence-electron chi connectivity index (χ3n) is 4.44. The lowest BCUT2D eigenvalue weighted by molar-refractivity contribution is -0.114. The Morgan fingerprint density at radius 3 is 2.59 bits per heavy atom. The normalized spacial score (nSPS) is 14.1. The number of ether oxygens (including phenoxy) is 1. The number of aromatic nitrogens is 2. The van der Waals surface area contributed by atoms with Crippen molar-refractivity contribution in [3.63, 3.8) is 0 Å². The van der Waals surface area contributed by atoms with Crippen LogP contribution in [0.15, 0.2) is 0 Å². The van der Waals surface area contributed by atoms with Crippen molar-refractivity contribution in [1.29, 1.82) is 5.41 Å². The van der Waals surface area contributed by atoms with Crippen LogP contribution in [0.3, 0.4) is 0 Å². The Hall–Kier alpha value is -2.42. The molecule has 0 bridgehead atoms.